The number of aromatic nitrogens is 2. The molecule has 0 spiro atoms. The molecule has 0 saturated carbocycles. The fraction of sp³-hybridized carbons (Fsp3) is 0.438. The van der Waals surface area contributed by atoms with E-state index in [1.165, 1.54) is 22.2 Å². The summed E-state index contributed by atoms with van der Waals surface area (Å²) in [5, 5.41) is 8.87. The van der Waals surface area contributed by atoms with Crippen LogP contribution in [0.4, 0.5) is 0 Å². The van der Waals surface area contributed by atoms with E-state index in [9.17, 15) is 9.59 Å². The summed E-state index contributed by atoms with van der Waals surface area (Å²) in [6.07, 6.45) is 3.98. The molecule has 0 fully saturated rings. The highest BCUT2D eigenvalue weighted by molar-refractivity contribution is 7.99. The number of fused-ring (bicyclic) bond motifs is 1. The summed E-state index contributed by atoms with van der Waals surface area (Å²) >= 11 is 1.48. The second-order valence-electron chi connectivity index (χ2n) is 5.71. The Morgan fingerprint density at radius 1 is 1.39 bits per heavy atom. The van der Waals surface area contributed by atoms with Gasteiger partial charge >= 0.3 is 5.97 Å². The third kappa shape index (κ3) is 4.72. The summed E-state index contributed by atoms with van der Waals surface area (Å²) in [5.41, 5.74) is 2.98. The average molecular weight is 335 g/mol. The van der Waals surface area contributed by atoms with Gasteiger partial charge in [-0.2, -0.15) is 0 Å². The topological polar surface area (TPSA) is 74.9 Å². The molecule has 124 valence electrons. The number of hydrogen-bond donors (Lipinski definition) is 1. The zero-order chi connectivity index (χ0) is 17.0. The number of carbonyl (C=O) groups excluding carboxylic acids is 1. The lowest BCUT2D eigenvalue weighted by Gasteiger charge is -2.19. The van der Waals surface area contributed by atoms with Crippen molar-refractivity contribution < 1.29 is 14.7 Å². The van der Waals surface area contributed by atoms with Crippen LogP contribution >= 0.6 is 11.8 Å². The van der Waals surface area contributed by atoms with Crippen molar-refractivity contribution in [2.75, 3.05) is 19.3 Å². The Morgan fingerprint density at radius 2 is 2.13 bits per heavy atom. The van der Waals surface area contributed by atoms with Gasteiger partial charge < -0.3 is 14.4 Å². The molecule has 0 bridgehead atoms. The molecule has 7 heteroatoms. The van der Waals surface area contributed by atoms with Crippen molar-refractivity contribution >= 4 is 29.3 Å². The molecule has 1 unspecified atom stereocenters. The second-order valence-corrected chi connectivity index (χ2v) is 6.70. The van der Waals surface area contributed by atoms with E-state index in [4.69, 9.17) is 5.11 Å². The smallest absolute Gasteiger partial charge is 0.308 e. The largest absolute Gasteiger partial charge is 0.481 e. The number of thioether (sulfide) groups is 1. The quantitative estimate of drug-likeness (QED) is 0.838. The van der Waals surface area contributed by atoms with E-state index in [0.717, 1.165) is 11.3 Å². The zero-order valence-corrected chi connectivity index (χ0v) is 14.3. The maximum absolute atomic E-state index is 12.0. The van der Waals surface area contributed by atoms with Gasteiger partial charge in [0.05, 0.1) is 17.4 Å². The highest BCUT2D eigenvalue weighted by Gasteiger charge is 2.17. The summed E-state index contributed by atoms with van der Waals surface area (Å²) in [7, 11) is 1.63. The van der Waals surface area contributed by atoms with Gasteiger partial charge in [-0.3, -0.25) is 9.59 Å². The number of carboxylic acid groups (broad SMARTS) is 1. The first kappa shape index (κ1) is 17.3. The standard InChI is InChI=1S/C16H21N3O3S/c1-11-4-5-14-17-13(8-19(14)6-11)9-23-10-15(20)18(3)7-12(2)16(21)22/h4-6,8,12H,7,9-10H2,1-3H3,(H,21,22). The van der Waals surface area contributed by atoms with E-state index >= 15 is 0 Å². The first-order chi connectivity index (χ1) is 10.9. The molecular weight excluding hydrogens is 314 g/mol. The minimum Gasteiger partial charge on any atom is -0.481 e. The number of imidazole rings is 1. The number of carboxylic acids is 1. The van der Waals surface area contributed by atoms with E-state index in [0.29, 0.717) is 11.5 Å². The van der Waals surface area contributed by atoms with Crippen molar-refractivity contribution in [3.63, 3.8) is 0 Å². The Kier molecular flexibility index (Phi) is 5.65. The predicted octanol–water partition coefficient (Wildman–Crippen LogP) is 2.06. The normalized spacial score (nSPS) is 12.3. The first-order valence-corrected chi connectivity index (χ1v) is 8.51. The van der Waals surface area contributed by atoms with Crippen LogP contribution in [0.2, 0.25) is 0 Å². The Hall–Kier alpha value is -2.02. The van der Waals surface area contributed by atoms with Gasteiger partial charge in [0.1, 0.15) is 5.65 Å². The zero-order valence-electron chi connectivity index (χ0n) is 13.5. The van der Waals surface area contributed by atoms with E-state index < -0.39 is 11.9 Å². The van der Waals surface area contributed by atoms with Gasteiger partial charge in [-0.15, -0.1) is 11.8 Å². The number of aliphatic carboxylic acids is 1. The van der Waals surface area contributed by atoms with Crippen LogP contribution in [0.1, 0.15) is 18.2 Å². The van der Waals surface area contributed by atoms with Gasteiger partial charge in [-0.1, -0.05) is 13.0 Å². The third-order valence-corrected chi connectivity index (χ3v) is 4.47. The Balaban J connectivity index is 1.83. The number of hydrogen-bond acceptors (Lipinski definition) is 4. The van der Waals surface area contributed by atoms with Crippen LogP contribution in [0, 0.1) is 12.8 Å². The van der Waals surface area contributed by atoms with E-state index in [2.05, 4.69) is 4.98 Å². The van der Waals surface area contributed by atoms with E-state index in [1.54, 1.807) is 14.0 Å². The molecule has 0 saturated heterocycles. The fourth-order valence-corrected chi connectivity index (χ4v) is 3.01. The first-order valence-electron chi connectivity index (χ1n) is 7.35. The van der Waals surface area contributed by atoms with Crippen molar-refractivity contribution in [3.05, 3.63) is 35.8 Å². The van der Waals surface area contributed by atoms with E-state index in [-0.39, 0.29) is 12.5 Å². The molecule has 0 aliphatic heterocycles. The number of amides is 1. The second kappa shape index (κ2) is 7.50. The Bertz CT molecular complexity index is 714. The Morgan fingerprint density at radius 3 is 2.83 bits per heavy atom. The van der Waals surface area contributed by atoms with Crippen LogP contribution in [0.5, 0.6) is 0 Å². The van der Waals surface area contributed by atoms with Crippen molar-refractivity contribution in [1.29, 1.82) is 0 Å². The van der Waals surface area contributed by atoms with Crippen LogP contribution in [0.3, 0.4) is 0 Å². The minimum absolute atomic E-state index is 0.0669. The molecule has 23 heavy (non-hydrogen) atoms. The highest BCUT2D eigenvalue weighted by atomic mass is 32.2. The molecule has 0 aromatic carbocycles. The fourth-order valence-electron chi connectivity index (χ4n) is 2.17. The lowest BCUT2D eigenvalue weighted by molar-refractivity contribution is -0.142. The number of aryl methyl sites for hydroxylation is 1. The van der Waals surface area contributed by atoms with E-state index in [1.807, 2.05) is 35.9 Å². The molecule has 0 aliphatic carbocycles. The molecule has 2 rings (SSSR count). The lowest BCUT2D eigenvalue weighted by atomic mass is 10.2. The van der Waals surface area contributed by atoms with Gasteiger partial charge in [0.15, 0.2) is 0 Å². The minimum atomic E-state index is -0.891. The van der Waals surface area contributed by atoms with Crippen molar-refractivity contribution in [1.82, 2.24) is 14.3 Å². The maximum atomic E-state index is 12.0. The SMILES string of the molecule is Cc1ccc2nc(CSCC(=O)N(C)CC(C)C(=O)O)cn2c1. The van der Waals surface area contributed by atoms with Gasteiger partial charge in [-0.25, -0.2) is 4.98 Å². The van der Waals surface area contributed by atoms with Gasteiger partial charge in [0.25, 0.3) is 0 Å². The van der Waals surface area contributed by atoms with Crippen molar-refractivity contribution in [2.24, 2.45) is 5.92 Å². The maximum Gasteiger partial charge on any atom is 0.308 e. The predicted molar refractivity (Wildman–Crippen MR) is 90.5 cm³/mol. The molecule has 2 heterocycles. The molecule has 6 nitrogen and oxygen atoms in total. The molecule has 2 aromatic rings. The van der Waals surface area contributed by atoms with Crippen LogP contribution in [0.15, 0.2) is 24.5 Å². The Labute approximate surface area is 139 Å². The van der Waals surface area contributed by atoms with Crippen LogP contribution in [0.25, 0.3) is 5.65 Å². The monoisotopic (exact) mass is 335 g/mol. The van der Waals surface area contributed by atoms with Crippen molar-refractivity contribution in [2.45, 2.75) is 19.6 Å². The number of carbonyl (C=O) groups is 2. The molecule has 0 radical (unpaired) electrons. The van der Waals surface area contributed by atoms with Crippen LogP contribution < -0.4 is 0 Å². The molecule has 2 aromatic heterocycles. The third-order valence-electron chi connectivity index (χ3n) is 3.52. The average Bonchev–Trinajstić information content (AvgIpc) is 2.88. The van der Waals surface area contributed by atoms with Crippen LogP contribution in [-0.4, -0.2) is 50.6 Å². The number of pyridine rings is 1. The molecule has 1 N–H and O–H groups in total. The summed E-state index contributed by atoms with van der Waals surface area (Å²) in [6.45, 7) is 3.85. The summed E-state index contributed by atoms with van der Waals surface area (Å²) in [4.78, 5) is 28.8. The molecule has 1 amide bonds. The van der Waals surface area contributed by atoms with Gasteiger partial charge in [0, 0.05) is 31.7 Å². The summed E-state index contributed by atoms with van der Waals surface area (Å²) in [6, 6.07) is 3.98. The number of nitrogens with zero attached hydrogens (tertiary/aromatic N) is 3. The lowest BCUT2D eigenvalue weighted by Crippen LogP contribution is -2.34. The highest BCUT2D eigenvalue weighted by Crippen LogP contribution is 2.14. The van der Waals surface area contributed by atoms with Crippen molar-refractivity contribution in [3.8, 4) is 0 Å². The van der Waals surface area contributed by atoms with Gasteiger partial charge in [-0.05, 0) is 18.6 Å². The van der Waals surface area contributed by atoms with Crippen LogP contribution in [-0.2, 0) is 15.3 Å². The molecule has 0 aliphatic rings. The number of rotatable bonds is 7. The molecular formula is C16H21N3O3S. The van der Waals surface area contributed by atoms with Gasteiger partial charge in [0.2, 0.25) is 5.91 Å². The summed E-state index contributed by atoms with van der Waals surface area (Å²) < 4.78 is 1.98. The molecule has 1 atom stereocenters. The summed E-state index contributed by atoms with van der Waals surface area (Å²) in [5.74, 6) is -0.555.